The lowest BCUT2D eigenvalue weighted by Crippen LogP contribution is -2.08. The van der Waals surface area contributed by atoms with Gasteiger partial charge < -0.3 is 9.47 Å². The Bertz CT molecular complexity index is 1010. The molecular formula is C22H23N3O3. The van der Waals surface area contributed by atoms with Gasteiger partial charge in [-0.1, -0.05) is 13.0 Å². The fourth-order valence-electron chi connectivity index (χ4n) is 3.63. The lowest BCUT2D eigenvalue weighted by Gasteiger charge is -2.15. The summed E-state index contributed by atoms with van der Waals surface area (Å²) >= 11 is 0. The van der Waals surface area contributed by atoms with Crippen molar-refractivity contribution in [2.75, 3.05) is 6.61 Å². The first-order chi connectivity index (χ1) is 13.6. The zero-order valence-electron chi connectivity index (χ0n) is 16.3. The van der Waals surface area contributed by atoms with Crippen LogP contribution in [-0.2, 0) is 6.61 Å². The molecule has 1 unspecified atom stereocenters. The van der Waals surface area contributed by atoms with Crippen molar-refractivity contribution in [1.82, 2.24) is 14.8 Å². The van der Waals surface area contributed by atoms with Gasteiger partial charge in [0.25, 0.3) is 0 Å². The second-order valence-electron chi connectivity index (χ2n) is 7.27. The number of rotatable bonds is 6. The number of nitrogens with zero attached hydrogens (tertiary/aromatic N) is 3. The predicted octanol–water partition coefficient (Wildman–Crippen LogP) is 4.41. The van der Waals surface area contributed by atoms with Crippen LogP contribution in [0.1, 0.15) is 54.2 Å². The topological polar surface area (TPSA) is 66.2 Å². The minimum atomic E-state index is 0.174. The van der Waals surface area contributed by atoms with Gasteiger partial charge in [-0.05, 0) is 38.1 Å². The molecule has 6 heteroatoms. The number of hydrogen-bond donors (Lipinski definition) is 0. The lowest BCUT2D eigenvalue weighted by atomic mass is 9.97. The van der Waals surface area contributed by atoms with Crippen LogP contribution in [0.5, 0.6) is 11.5 Å². The molecule has 0 bridgehead atoms. The number of hydrogen-bond acceptors (Lipinski definition) is 5. The summed E-state index contributed by atoms with van der Waals surface area (Å²) in [5, 5.41) is 4.40. The highest BCUT2D eigenvalue weighted by molar-refractivity contribution is 5.84. The van der Waals surface area contributed by atoms with E-state index in [0.717, 1.165) is 34.6 Å². The maximum absolute atomic E-state index is 11.8. The van der Waals surface area contributed by atoms with Crippen LogP contribution in [0.15, 0.2) is 42.7 Å². The summed E-state index contributed by atoms with van der Waals surface area (Å²) in [6.07, 6.45) is 4.40. The van der Waals surface area contributed by atoms with E-state index in [-0.39, 0.29) is 12.0 Å². The molecule has 144 valence electrons. The SMILES string of the molecule is CC1COc2ccc(OCc3cccnc3-c3ccnn3C(C)C)c(C=O)c21. The van der Waals surface area contributed by atoms with Crippen LogP contribution in [0.3, 0.4) is 0 Å². The third-order valence-electron chi connectivity index (χ3n) is 4.98. The maximum Gasteiger partial charge on any atom is 0.154 e. The molecule has 3 heterocycles. The number of aldehydes is 1. The zero-order valence-corrected chi connectivity index (χ0v) is 16.3. The first-order valence-electron chi connectivity index (χ1n) is 9.45. The van der Waals surface area contributed by atoms with Gasteiger partial charge in [0, 0.05) is 35.5 Å². The first kappa shape index (κ1) is 18.2. The van der Waals surface area contributed by atoms with E-state index in [1.807, 2.05) is 28.9 Å². The van der Waals surface area contributed by atoms with Crippen LogP contribution >= 0.6 is 0 Å². The molecule has 1 aliphatic heterocycles. The second-order valence-corrected chi connectivity index (χ2v) is 7.27. The van der Waals surface area contributed by atoms with E-state index in [1.54, 1.807) is 18.5 Å². The van der Waals surface area contributed by atoms with Crippen molar-refractivity contribution in [2.24, 2.45) is 0 Å². The normalized spacial score (nSPS) is 15.4. The van der Waals surface area contributed by atoms with Crippen LogP contribution in [0, 0.1) is 0 Å². The van der Waals surface area contributed by atoms with E-state index in [4.69, 9.17) is 9.47 Å². The standard InChI is InChI=1S/C22H23N3O3/c1-14(2)25-18(8-10-24-25)22-16(5-4-9-23-22)13-28-19-6-7-20-21(17(19)11-26)15(3)12-27-20/h4-11,14-15H,12-13H2,1-3H3. The quantitative estimate of drug-likeness (QED) is 0.595. The van der Waals surface area contributed by atoms with Crippen molar-refractivity contribution in [2.45, 2.75) is 39.3 Å². The molecule has 0 radical (unpaired) electrons. The van der Waals surface area contributed by atoms with E-state index in [9.17, 15) is 4.79 Å². The van der Waals surface area contributed by atoms with Crippen LogP contribution in [0.2, 0.25) is 0 Å². The van der Waals surface area contributed by atoms with Gasteiger partial charge in [0.05, 0.1) is 23.6 Å². The Morgan fingerprint density at radius 2 is 2.14 bits per heavy atom. The minimum absolute atomic E-state index is 0.174. The Labute approximate surface area is 164 Å². The Kier molecular flexibility index (Phi) is 4.86. The molecule has 4 rings (SSSR count). The summed E-state index contributed by atoms with van der Waals surface area (Å²) in [5.74, 6) is 1.51. The molecule has 28 heavy (non-hydrogen) atoms. The van der Waals surface area contributed by atoms with Crippen LogP contribution < -0.4 is 9.47 Å². The monoisotopic (exact) mass is 377 g/mol. The van der Waals surface area contributed by atoms with E-state index < -0.39 is 0 Å². The van der Waals surface area contributed by atoms with E-state index in [0.29, 0.717) is 24.5 Å². The first-order valence-corrected chi connectivity index (χ1v) is 9.45. The highest BCUT2D eigenvalue weighted by atomic mass is 16.5. The fraction of sp³-hybridized carbons (Fsp3) is 0.318. The molecule has 1 aromatic carbocycles. The summed E-state index contributed by atoms with van der Waals surface area (Å²) in [5.41, 5.74) is 4.21. The van der Waals surface area contributed by atoms with Gasteiger partial charge >= 0.3 is 0 Å². The maximum atomic E-state index is 11.8. The number of benzene rings is 1. The third kappa shape index (κ3) is 3.15. The molecule has 0 saturated heterocycles. The van der Waals surface area contributed by atoms with Crippen LogP contribution in [0.4, 0.5) is 0 Å². The number of ether oxygens (including phenoxy) is 2. The van der Waals surface area contributed by atoms with E-state index in [2.05, 4.69) is 30.9 Å². The second kappa shape index (κ2) is 7.46. The molecule has 3 aromatic rings. The average Bonchev–Trinajstić information content (AvgIpc) is 3.33. The molecule has 0 spiro atoms. The molecule has 1 atom stereocenters. The molecule has 0 fully saturated rings. The van der Waals surface area contributed by atoms with Crippen molar-refractivity contribution in [3.05, 3.63) is 59.4 Å². The lowest BCUT2D eigenvalue weighted by molar-refractivity contribution is 0.111. The number of carbonyl (C=O) groups is 1. The van der Waals surface area contributed by atoms with Crippen molar-refractivity contribution in [1.29, 1.82) is 0 Å². The molecule has 0 saturated carbocycles. The minimum Gasteiger partial charge on any atom is -0.493 e. The summed E-state index contributed by atoms with van der Waals surface area (Å²) in [7, 11) is 0. The largest absolute Gasteiger partial charge is 0.493 e. The Morgan fingerprint density at radius 1 is 1.29 bits per heavy atom. The number of aromatic nitrogens is 3. The molecule has 6 nitrogen and oxygen atoms in total. The van der Waals surface area contributed by atoms with E-state index in [1.165, 1.54) is 0 Å². The van der Waals surface area contributed by atoms with Gasteiger partial charge in [0.15, 0.2) is 6.29 Å². The third-order valence-corrected chi connectivity index (χ3v) is 4.98. The van der Waals surface area contributed by atoms with Gasteiger partial charge in [0.1, 0.15) is 18.1 Å². The van der Waals surface area contributed by atoms with Gasteiger partial charge in [-0.3, -0.25) is 14.5 Å². The molecule has 1 aliphatic rings. The Balaban J connectivity index is 1.65. The van der Waals surface area contributed by atoms with Gasteiger partial charge in [0.2, 0.25) is 0 Å². The van der Waals surface area contributed by atoms with Crippen LogP contribution in [-0.4, -0.2) is 27.7 Å². The van der Waals surface area contributed by atoms with Gasteiger partial charge in [-0.25, -0.2) is 0 Å². The summed E-state index contributed by atoms with van der Waals surface area (Å²) in [6, 6.07) is 9.73. The number of pyridine rings is 1. The van der Waals surface area contributed by atoms with Gasteiger partial charge in [-0.15, -0.1) is 0 Å². The molecular weight excluding hydrogens is 354 g/mol. The Morgan fingerprint density at radius 3 is 2.93 bits per heavy atom. The smallest absolute Gasteiger partial charge is 0.154 e. The predicted molar refractivity (Wildman–Crippen MR) is 106 cm³/mol. The highest BCUT2D eigenvalue weighted by Crippen LogP contribution is 2.40. The Hall–Kier alpha value is -3.15. The fourth-order valence-corrected chi connectivity index (χ4v) is 3.63. The van der Waals surface area contributed by atoms with E-state index >= 15 is 0 Å². The van der Waals surface area contributed by atoms with Crippen molar-refractivity contribution < 1.29 is 14.3 Å². The van der Waals surface area contributed by atoms with Crippen molar-refractivity contribution in [3.8, 4) is 22.9 Å². The van der Waals surface area contributed by atoms with Crippen molar-refractivity contribution >= 4 is 6.29 Å². The zero-order chi connectivity index (χ0) is 19.7. The molecule has 0 aliphatic carbocycles. The van der Waals surface area contributed by atoms with Crippen LogP contribution in [0.25, 0.3) is 11.4 Å². The van der Waals surface area contributed by atoms with Crippen molar-refractivity contribution in [3.63, 3.8) is 0 Å². The number of carbonyl (C=O) groups excluding carboxylic acids is 1. The summed E-state index contributed by atoms with van der Waals surface area (Å²) < 4.78 is 13.7. The van der Waals surface area contributed by atoms with Gasteiger partial charge in [-0.2, -0.15) is 5.10 Å². The summed E-state index contributed by atoms with van der Waals surface area (Å²) in [6.45, 7) is 7.11. The molecule has 0 N–H and O–H groups in total. The molecule has 0 amide bonds. The molecule has 2 aromatic heterocycles. The number of fused-ring (bicyclic) bond motifs is 1. The highest BCUT2D eigenvalue weighted by Gasteiger charge is 2.26. The average molecular weight is 377 g/mol. The summed E-state index contributed by atoms with van der Waals surface area (Å²) in [4.78, 5) is 16.3.